The topological polar surface area (TPSA) is 40.5 Å². The Morgan fingerprint density at radius 3 is 2.00 bits per heavy atom. The van der Waals surface area contributed by atoms with Gasteiger partial charge in [-0.1, -0.05) is 34.9 Å². The summed E-state index contributed by atoms with van der Waals surface area (Å²) in [5.41, 5.74) is 3.26. The van der Waals surface area contributed by atoms with Crippen LogP contribution in [0.25, 0.3) is 0 Å². The normalized spacial score (nSPS) is 25.4. The summed E-state index contributed by atoms with van der Waals surface area (Å²) in [6, 6.07) is 0. The molecular weight excluding hydrogens is 272 g/mol. The molecule has 0 radical (unpaired) electrons. The predicted molar refractivity (Wildman–Crippen MR) is 94.8 cm³/mol. The molecule has 1 rings (SSSR count). The van der Waals surface area contributed by atoms with E-state index in [0.29, 0.717) is 0 Å². The molecule has 1 aliphatic rings. The molecule has 0 heterocycles. The van der Waals surface area contributed by atoms with Crippen molar-refractivity contribution >= 4 is 0 Å². The molecule has 126 valence electrons. The molecule has 0 amide bonds. The van der Waals surface area contributed by atoms with Crippen LogP contribution in [0.5, 0.6) is 0 Å². The van der Waals surface area contributed by atoms with Crippen LogP contribution in [0, 0.1) is 5.92 Å². The summed E-state index contributed by atoms with van der Waals surface area (Å²) in [7, 11) is 0. The highest BCUT2D eigenvalue weighted by Gasteiger charge is 2.30. The van der Waals surface area contributed by atoms with Crippen molar-refractivity contribution in [2.24, 2.45) is 5.92 Å². The second kappa shape index (κ2) is 9.32. The van der Waals surface area contributed by atoms with Crippen LogP contribution in [0.1, 0.15) is 72.6 Å². The Kier molecular flexibility index (Phi) is 8.13. The van der Waals surface area contributed by atoms with E-state index in [9.17, 15) is 10.2 Å². The van der Waals surface area contributed by atoms with Gasteiger partial charge in [-0.15, -0.1) is 0 Å². The molecule has 2 heteroatoms. The van der Waals surface area contributed by atoms with Crippen LogP contribution in [0.3, 0.4) is 0 Å². The minimum atomic E-state index is -0.995. The van der Waals surface area contributed by atoms with Crippen LogP contribution in [-0.4, -0.2) is 22.4 Å². The molecule has 0 aliphatic heterocycles. The lowest BCUT2D eigenvalue weighted by atomic mass is 9.82. The summed E-state index contributed by atoms with van der Waals surface area (Å²) in [5.74, 6) is 0.107. The van der Waals surface area contributed by atoms with Gasteiger partial charge in [0.25, 0.3) is 0 Å². The van der Waals surface area contributed by atoms with E-state index in [0.717, 1.165) is 44.9 Å². The van der Waals surface area contributed by atoms with Crippen LogP contribution in [0.15, 0.2) is 34.9 Å². The molecule has 0 saturated heterocycles. The zero-order valence-electron chi connectivity index (χ0n) is 14.9. The van der Waals surface area contributed by atoms with Gasteiger partial charge in [-0.05, 0) is 78.6 Å². The lowest BCUT2D eigenvalue weighted by molar-refractivity contribution is -0.0483. The van der Waals surface area contributed by atoms with E-state index in [2.05, 4.69) is 39.0 Å². The Labute approximate surface area is 136 Å². The van der Waals surface area contributed by atoms with Gasteiger partial charge in [0.2, 0.25) is 0 Å². The molecule has 0 saturated carbocycles. The summed E-state index contributed by atoms with van der Waals surface area (Å²) in [4.78, 5) is 0. The summed E-state index contributed by atoms with van der Waals surface area (Å²) >= 11 is 0. The standard InChI is InChI=1S/C20H34O2/c1-16-7-5-9-17(2)11-13-19(20(4,22)15-21)14-12-18(3)10-6-8-16/h7,10-11,19,21-22H,5-6,8-9,12-15H2,1-4H3. The van der Waals surface area contributed by atoms with Crippen molar-refractivity contribution in [1.82, 2.24) is 0 Å². The maximum atomic E-state index is 10.5. The predicted octanol–water partition coefficient (Wildman–Crippen LogP) is 4.93. The smallest absolute Gasteiger partial charge is 0.0880 e. The minimum Gasteiger partial charge on any atom is -0.393 e. The van der Waals surface area contributed by atoms with Crippen LogP contribution in [-0.2, 0) is 0 Å². The lowest BCUT2D eigenvalue weighted by Crippen LogP contribution is -2.38. The van der Waals surface area contributed by atoms with Gasteiger partial charge in [0.15, 0.2) is 0 Å². The quantitative estimate of drug-likeness (QED) is 0.710. The van der Waals surface area contributed by atoms with Crippen molar-refractivity contribution in [2.75, 3.05) is 6.61 Å². The van der Waals surface area contributed by atoms with E-state index >= 15 is 0 Å². The van der Waals surface area contributed by atoms with E-state index in [1.54, 1.807) is 6.92 Å². The number of aliphatic hydroxyl groups is 2. The monoisotopic (exact) mass is 306 g/mol. The number of hydrogen-bond donors (Lipinski definition) is 2. The Morgan fingerprint density at radius 2 is 1.45 bits per heavy atom. The molecule has 2 atom stereocenters. The first-order valence-corrected chi connectivity index (χ1v) is 8.65. The molecule has 2 nitrogen and oxygen atoms in total. The maximum absolute atomic E-state index is 10.5. The summed E-state index contributed by atoms with van der Waals surface area (Å²) < 4.78 is 0. The van der Waals surface area contributed by atoms with Gasteiger partial charge in [0, 0.05) is 0 Å². The molecule has 2 unspecified atom stereocenters. The molecule has 0 spiro atoms. The van der Waals surface area contributed by atoms with E-state index in [-0.39, 0.29) is 12.5 Å². The van der Waals surface area contributed by atoms with Gasteiger partial charge >= 0.3 is 0 Å². The number of hydrogen-bond acceptors (Lipinski definition) is 2. The number of aliphatic hydroxyl groups excluding tert-OH is 1. The van der Waals surface area contributed by atoms with Gasteiger partial charge in [0.05, 0.1) is 12.2 Å². The summed E-state index contributed by atoms with van der Waals surface area (Å²) in [6.07, 6.45) is 14.1. The second-order valence-corrected chi connectivity index (χ2v) is 7.22. The van der Waals surface area contributed by atoms with Gasteiger partial charge in [-0.3, -0.25) is 0 Å². The number of rotatable bonds is 2. The SMILES string of the molecule is CC1=CCCC(C)=CCC(C(C)(O)CO)CCC(C)=CCC1. The molecular formula is C20H34O2. The third kappa shape index (κ3) is 6.93. The Hall–Kier alpha value is -0.860. The van der Waals surface area contributed by atoms with Crippen molar-refractivity contribution in [3.8, 4) is 0 Å². The first-order valence-electron chi connectivity index (χ1n) is 8.65. The second-order valence-electron chi connectivity index (χ2n) is 7.22. The highest BCUT2D eigenvalue weighted by atomic mass is 16.3. The zero-order chi connectivity index (χ0) is 16.6. The molecule has 0 bridgehead atoms. The largest absolute Gasteiger partial charge is 0.393 e. The van der Waals surface area contributed by atoms with Crippen LogP contribution in [0.4, 0.5) is 0 Å². The van der Waals surface area contributed by atoms with E-state index in [1.807, 2.05) is 0 Å². The van der Waals surface area contributed by atoms with Crippen LogP contribution in [0.2, 0.25) is 0 Å². The molecule has 0 aromatic rings. The van der Waals surface area contributed by atoms with Crippen molar-refractivity contribution in [1.29, 1.82) is 0 Å². The molecule has 0 fully saturated rings. The maximum Gasteiger partial charge on any atom is 0.0880 e. The fourth-order valence-corrected chi connectivity index (χ4v) is 2.96. The average Bonchev–Trinajstić information content (AvgIpc) is 2.46. The number of allylic oxidation sites excluding steroid dienone is 6. The average molecular weight is 306 g/mol. The summed E-state index contributed by atoms with van der Waals surface area (Å²) in [6.45, 7) is 8.16. The zero-order valence-corrected chi connectivity index (χ0v) is 14.9. The van der Waals surface area contributed by atoms with Crippen molar-refractivity contribution in [2.45, 2.75) is 78.2 Å². The van der Waals surface area contributed by atoms with E-state index in [4.69, 9.17) is 0 Å². The molecule has 0 aromatic carbocycles. The minimum absolute atomic E-state index is 0.107. The fraction of sp³-hybridized carbons (Fsp3) is 0.700. The van der Waals surface area contributed by atoms with Crippen molar-refractivity contribution in [3.05, 3.63) is 34.9 Å². The first kappa shape index (κ1) is 19.2. The van der Waals surface area contributed by atoms with Crippen molar-refractivity contribution in [3.63, 3.8) is 0 Å². The lowest BCUT2D eigenvalue weighted by Gasteiger charge is -2.31. The van der Waals surface area contributed by atoms with Gasteiger partial charge in [-0.25, -0.2) is 0 Å². The summed E-state index contributed by atoms with van der Waals surface area (Å²) in [5, 5.41) is 19.9. The highest BCUT2D eigenvalue weighted by Crippen LogP contribution is 2.28. The first-order chi connectivity index (χ1) is 10.3. The fourth-order valence-electron chi connectivity index (χ4n) is 2.96. The third-order valence-electron chi connectivity index (χ3n) is 4.90. The van der Waals surface area contributed by atoms with Gasteiger partial charge in [-0.2, -0.15) is 0 Å². The Balaban J connectivity index is 2.87. The molecule has 22 heavy (non-hydrogen) atoms. The van der Waals surface area contributed by atoms with Crippen molar-refractivity contribution < 1.29 is 10.2 Å². The van der Waals surface area contributed by atoms with E-state index < -0.39 is 5.60 Å². The van der Waals surface area contributed by atoms with Gasteiger partial charge < -0.3 is 10.2 Å². The van der Waals surface area contributed by atoms with Crippen LogP contribution < -0.4 is 0 Å². The molecule has 1 aliphatic carbocycles. The highest BCUT2D eigenvalue weighted by molar-refractivity contribution is 5.08. The Morgan fingerprint density at radius 1 is 0.955 bits per heavy atom. The van der Waals surface area contributed by atoms with Gasteiger partial charge in [0.1, 0.15) is 0 Å². The molecule has 2 N–H and O–H groups in total. The van der Waals surface area contributed by atoms with E-state index in [1.165, 1.54) is 16.7 Å². The molecule has 0 aromatic heterocycles. The third-order valence-corrected chi connectivity index (χ3v) is 4.90. The Bertz CT molecular complexity index is 427. The van der Waals surface area contributed by atoms with Crippen LogP contribution >= 0.6 is 0 Å².